The zero-order valence-electron chi connectivity index (χ0n) is 8.30. The third-order valence-corrected chi connectivity index (χ3v) is 3.23. The second kappa shape index (κ2) is 6.51. The van der Waals surface area contributed by atoms with Crippen molar-refractivity contribution in [1.29, 1.82) is 0 Å². The molecular weight excluding hydrogens is 215 g/mol. The van der Waals surface area contributed by atoms with E-state index >= 15 is 0 Å². The van der Waals surface area contributed by atoms with E-state index in [1.54, 1.807) is 24.3 Å². The molecule has 0 saturated heterocycles. The molecule has 0 aromatic heterocycles. The van der Waals surface area contributed by atoms with Gasteiger partial charge < -0.3 is 14.9 Å². The average molecular weight is 229 g/mol. The molecule has 1 aromatic carbocycles. The smallest absolute Gasteiger partial charge is 0.120 e. The highest BCUT2D eigenvalue weighted by atomic mass is 31.1. The maximum atomic E-state index is 11.6. The molecule has 0 spiro atoms. The predicted octanol–water partition coefficient (Wildman–Crippen LogP) is 0.503. The standard InChI is InChI=1S/C10H14O4P/c11-4-6-14-9-2-1-3-10(8-9)15(13)7-5-12/h1-3,8,11-12H,4-7H2. The molecule has 0 fully saturated rings. The van der Waals surface area contributed by atoms with E-state index in [9.17, 15) is 4.57 Å². The van der Waals surface area contributed by atoms with Crippen molar-refractivity contribution in [2.75, 3.05) is 26.0 Å². The molecule has 0 bridgehead atoms. The Labute approximate surface area is 89.3 Å². The molecule has 0 saturated carbocycles. The second-order valence-corrected chi connectivity index (χ2v) is 4.62. The minimum absolute atomic E-state index is 0.0486. The van der Waals surface area contributed by atoms with Gasteiger partial charge in [-0.1, -0.05) is 6.07 Å². The van der Waals surface area contributed by atoms with Gasteiger partial charge in [0.15, 0.2) is 0 Å². The van der Waals surface area contributed by atoms with Crippen molar-refractivity contribution in [2.24, 2.45) is 0 Å². The number of benzene rings is 1. The highest BCUT2D eigenvalue weighted by Crippen LogP contribution is 2.21. The molecule has 2 N–H and O–H groups in total. The lowest BCUT2D eigenvalue weighted by molar-refractivity contribution is 0.201. The molecule has 4 nitrogen and oxygen atoms in total. The van der Waals surface area contributed by atoms with Crippen molar-refractivity contribution in [3.8, 4) is 5.75 Å². The maximum absolute atomic E-state index is 11.6. The van der Waals surface area contributed by atoms with Gasteiger partial charge in [-0.3, -0.25) is 4.57 Å². The molecule has 0 aliphatic heterocycles. The summed E-state index contributed by atoms with van der Waals surface area (Å²) in [7, 11) is -1.55. The van der Waals surface area contributed by atoms with Crippen molar-refractivity contribution in [1.82, 2.24) is 0 Å². The van der Waals surface area contributed by atoms with Gasteiger partial charge in [-0.05, 0) is 18.2 Å². The van der Waals surface area contributed by atoms with Crippen LogP contribution in [0.1, 0.15) is 0 Å². The van der Waals surface area contributed by atoms with Gasteiger partial charge in [-0.2, -0.15) is 0 Å². The zero-order valence-corrected chi connectivity index (χ0v) is 9.19. The van der Waals surface area contributed by atoms with Crippen LogP contribution in [0.15, 0.2) is 24.3 Å². The van der Waals surface area contributed by atoms with Crippen LogP contribution in [0.4, 0.5) is 0 Å². The van der Waals surface area contributed by atoms with Gasteiger partial charge in [-0.15, -0.1) is 0 Å². The van der Waals surface area contributed by atoms with Gasteiger partial charge in [0.05, 0.1) is 13.2 Å². The zero-order chi connectivity index (χ0) is 11.1. The average Bonchev–Trinajstić information content (AvgIpc) is 2.27. The van der Waals surface area contributed by atoms with Crippen LogP contribution in [0.25, 0.3) is 0 Å². The first-order valence-electron chi connectivity index (χ1n) is 4.67. The van der Waals surface area contributed by atoms with Crippen molar-refractivity contribution in [2.45, 2.75) is 0 Å². The van der Waals surface area contributed by atoms with E-state index in [-0.39, 0.29) is 26.0 Å². The highest BCUT2D eigenvalue weighted by Gasteiger charge is 2.04. The summed E-state index contributed by atoms with van der Waals surface area (Å²) in [5.74, 6) is 0.586. The minimum Gasteiger partial charge on any atom is -0.491 e. The van der Waals surface area contributed by atoms with E-state index in [0.29, 0.717) is 11.1 Å². The molecule has 0 amide bonds. The first-order valence-corrected chi connectivity index (χ1v) is 6.11. The van der Waals surface area contributed by atoms with Crippen LogP contribution in [0.2, 0.25) is 0 Å². The number of hydrogen-bond donors (Lipinski definition) is 2. The van der Waals surface area contributed by atoms with Gasteiger partial charge in [0, 0.05) is 11.5 Å². The molecule has 83 valence electrons. The fourth-order valence-corrected chi connectivity index (χ4v) is 2.08. The SMILES string of the molecule is O=[P](CCO)c1cccc(OCCO)c1. The van der Waals surface area contributed by atoms with Crippen molar-refractivity contribution in [3.05, 3.63) is 24.3 Å². The summed E-state index contributed by atoms with van der Waals surface area (Å²) in [6.45, 7) is 0.0875. The summed E-state index contributed by atoms with van der Waals surface area (Å²) in [6.07, 6.45) is 0.263. The summed E-state index contributed by atoms with van der Waals surface area (Å²) in [5, 5.41) is 17.9. The molecule has 15 heavy (non-hydrogen) atoms. The molecule has 0 aliphatic rings. The Kier molecular flexibility index (Phi) is 5.26. The van der Waals surface area contributed by atoms with E-state index in [1.165, 1.54) is 0 Å². The lowest BCUT2D eigenvalue weighted by Crippen LogP contribution is -2.05. The monoisotopic (exact) mass is 229 g/mol. The third kappa shape index (κ3) is 3.96. The van der Waals surface area contributed by atoms with Crippen LogP contribution in [0, 0.1) is 0 Å². The molecule has 1 unspecified atom stereocenters. The quantitative estimate of drug-likeness (QED) is 0.697. The Morgan fingerprint density at radius 3 is 2.73 bits per heavy atom. The summed E-state index contributed by atoms with van der Waals surface area (Å²) >= 11 is 0. The van der Waals surface area contributed by atoms with E-state index in [1.807, 2.05) is 0 Å². The summed E-state index contributed by atoms with van der Waals surface area (Å²) < 4.78 is 16.7. The molecule has 0 aliphatic carbocycles. The predicted molar refractivity (Wildman–Crippen MR) is 58.2 cm³/mol. The van der Waals surface area contributed by atoms with Crippen LogP contribution in [0.5, 0.6) is 5.75 Å². The minimum atomic E-state index is -1.55. The largest absolute Gasteiger partial charge is 0.491 e. The van der Waals surface area contributed by atoms with Crippen LogP contribution in [-0.2, 0) is 4.57 Å². The first kappa shape index (κ1) is 12.1. The van der Waals surface area contributed by atoms with E-state index in [2.05, 4.69) is 0 Å². The number of rotatable bonds is 6. The Hall–Kier alpha value is -0.960. The second-order valence-electron chi connectivity index (χ2n) is 2.90. The Balaban J connectivity index is 2.69. The fraction of sp³-hybridized carbons (Fsp3) is 0.400. The highest BCUT2D eigenvalue weighted by molar-refractivity contribution is 7.53. The van der Waals surface area contributed by atoms with Crippen molar-refractivity contribution in [3.63, 3.8) is 0 Å². The van der Waals surface area contributed by atoms with E-state index in [0.717, 1.165) is 0 Å². The fourth-order valence-electron chi connectivity index (χ4n) is 1.11. The first-order chi connectivity index (χ1) is 7.27. The van der Waals surface area contributed by atoms with Gasteiger partial charge in [0.2, 0.25) is 0 Å². The number of ether oxygens (including phenoxy) is 1. The van der Waals surface area contributed by atoms with Crippen LogP contribution in [-0.4, -0.2) is 36.2 Å². The molecule has 5 heteroatoms. The Morgan fingerprint density at radius 1 is 1.27 bits per heavy atom. The van der Waals surface area contributed by atoms with Gasteiger partial charge in [0.1, 0.15) is 20.2 Å². The molecule has 1 radical (unpaired) electrons. The van der Waals surface area contributed by atoms with E-state index in [4.69, 9.17) is 14.9 Å². The summed E-state index contributed by atoms with van der Waals surface area (Å²) in [5.41, 5.74) is 0. The van der Waals surface area contributed by atoms with Gasteiger partial charge in [-0.25, -0.2) is 0 Å². The molecule has 1 atom stereocenters. The normalized spacial score (nSPS) is 11.2. The molecule has 0 heterocycles. The molecule has 1 rings (SSSR count). The van der Waals surface area contributed by atoms with Crippen LogP contribution < -0.4 is 10.0 Å². The summed E-state index contributed by atoms with van der Waals surface area (Å²) in [6, 6.07) is 6.89. The van der Waals surface area contributed by atoms with E-state index < -0.39 is 7.80 Å². The number of aliphatic hydroxyl groups excluding tert-OH is 2. The Bertz CT molecular complexity index is 327. The van der Waals surface area contributed by atoms with Crippen LogP contribution >= 0.6 is 7.80 Å². The topological polar surface area (TPSA) is 66.8 Å². The van der Waals surface area contributed by atoms with Crippen LogP contribution in [0.3, 0.4) is 0 Å². The van der Waals surface area contributed by atoms with Gasteiger partial charge in [0.25, 0.3) is 0 Å². The Morgan fingerprint density at radius 2 is 2.07 bits per heavy atom. The number of aliphatic hydroxyl groups is 2. The van der Waals surface area contributed by atoms with Gasteiger partial charge >= 0.3 is 0 Å². The van der Waals surface area contributed by atoms with Crippen molar-refractivity contribution < 1.29 is 19.5 Å². The molecular formula is C10H14O4P. The molecule has 1 aromatic rings. The third-order valence-electron chi connectivity index (χ3n) is 1.77. The lowest BCUT2D eigenvalue weighted by Gasteiger charge is -2.05. The summed E-state index contributed by atoms with van der Waals surface area (Å²) in [4.78, 5) is 0. The number of hydrogen-bond acceptors (Lipinski definition) is 4. The van der Waals surface area contributed by atoms with Crippen molar-refractivity contribution >= 4 is 13.1 Å². The maximum Gasteiger partial charge on any atom is 0.120 e. The lowest BCUT2D eigenvalue weighted by atomic mass is 10.3.